The summed E-state index contributed by atoms with van der Waals surface area (Å²) < 4.78 is 0. The second kappa shape index (κ2) is 6.12. The van der Waals surface area contributed by atoms with Gasteiger partial charge in [-0.25, -0.2) is 0 Å². The van der Waals surface area contributed by atoms with Gasteiger partial charge in [0, 0.05) is 24.8 Å². The largest absolute Gasteiger partial charge is 0.396 e. The quantitative estimate of drug-likeness (QED) is 0.669. The number of hydrogen-bond acceptors (Lipinski definition) is 4. The third-order valence-corrected chi connectivity index (χ3v) is 4.02. The van der Waals surface area contributed by atoms with Crippen molar-refractivity contribution in [1.29, 1.82) is 0 Å². The van der Waals surface area contributed by atoms with E-state index in [4.69, 9.17) is 5.11 Å². The van der Waals surface area contributed by atoms with Crippen molar-refractivity contribution in [3.05, 3.63) is 39.9 Å². The molecule has 1 aromatic carbocycles. The Bertz CT molecular complexity index is 442. The molecule has 0 bridgehead atoms. The fourth-order valence-corrected chi connectivity index (χ4v) is 2.63. The summed E-state index contributed by atoms with van der Waals surface area (Å²) in [4.78, 5) is 12.8. The Kier molecular flexibility index (Phi) is 4.50. The van der Waals surface area contributed by atoms with E-state index in [2.05, 4.69) is 11.8 Å². The van der Waals surface area contributed by atoms with Gasteiger partial charge in [0.05, 0.1) is 4.92 Å². The van der Waals surface area contributed by atoms with Crippen LogP contribution in [0.5, 0.6) is 0 Å². The molecule has 2 rings (SSSR count). The van der Waals surface area contributed by atoms with Crippen molar-refractivity contribution in [2.75, 3.05) is 19.7 Å². The number of piperidine rings is 1. The molecular formula is C14H20N2O3. The van der Waals surface area contributed by atoms with Crippen molar-refractivity contribution in [3.63, 3.8) is 0 Å². The summed E-state index contributed by atoms with van der Waals surface area (Å²) in [7, 11) is 0. The molecular weight excluding hydrogens is 244 g/mol. The average molecular weight is 264 g/mol. The fraction of sp³-hybridized carbons (Fsp3) is 0.571. The Morgan fingerprint density at radius 3 is 2.74 bits per heavy atom. The number of hydrogen-bond donors (Lipinski definition) is 1. The second-order valence-corrected chi connectivity index (χ2v) is 5.19. The van der Waals surface area contributed by atoms with Gasteiger partial charge in [-0.1, -0.05) is 12.1 Å². The molecule has 104 valence electrons. The van der Waals surface area contributed by atoms with Crippen molar-refractivity contribution in [3.8, 4) is 0 Å². The van der Waals surface area contributed by atoms with Gasteiger partial charge in [0.2, 0.25) is 0 Å². The third kappa shape index (κ3) is 3.30. The zero-order chi connectivity index (χ0) is 13.8. The molecule has 0 spiro atoms. The summed E-state index contributed by atoms with van der Waals surface area (Å²) in [6.07, 6.45) is 1.99. The molecule has 0 saturated carbocycles. The summed E-state index contributed by atoms with van der Waals surface area (Å²) >= 11 is 0. The number of non-ortho nitro benzene ring substituents is 1. The number of aliphatic hydroxyl groups is 1. The zero-order valence-corrected chi connectivity index (χ0v) is 11.2. The molecule has 1 N–H and O–H groups in total. The van der Waals surface area contributed by atoms with Crippen molar-refractivity contribution >= 4 is 5.69 Å². The van der Waals surface area contributed by atoms with Gasteiger partial charge in [-0.3, -0.25) is 15.0 Å². The predicted octanol–water partition coefficient (Wildman–Crippen LogP) is 2.36. The molecule has 1 atom stereocenters. The van der Waals surface area contributed by atoms with Gasteiger partial charge in [0.1, 0.15) is 0 Å². The SMILES string of the molecule is CC(c1cccc([N+](=O)[O-])c1)N1CCC(CO)CC1. The summed E-state index contributed by atoms with van der Waals surface area (Å²) in [5.74, 6) is 0.411. The number of benzene rings is 1. The van der Waals surface area contributed by atoms with Crippen molar-refractivity contribution < 1.29 is 10.0 Å². The van der Waals surface area contributed by atoms with E-state index in [1.807, 2.05) is 6.07 Å². The Morgan fingerprint density at radius 1 is 1.47 bits per heavy atom. The minimum atomic E-state index is -0.353. The summed E-state index contributed by atoms with van der Waals surface area (Å²) in [5.41, 5.74) is 1.13. The highest BCUT2D eigenvalue weighted by Crippen LogP contribution is 2.28. The Morgan fingerprint density at radius 2 is 2.16 bits per heavy atom. The van der Waals surface area contributed by atoms with E-state index in [1.54, 1.807) is 12.1 Å². The Labute approximate surface area is 113 Å². The first-order valence-electron chi connectivity index (χ1n) is 6.71. The first-order chi connectivity index (χ1) is 9.11. The molecule has 0 aromatic heterocycles. The number of rotatable bonds is 4. The minimum Gasteiger partial charge on any atom is -0.396 e. The monoisotopic (exact) mass is 264 g/mol. The molecule has 1 heterocycles. The van der Waals surface area contributed by atoms with E-state index in [9.17, 15) is 10.1 Å². The third-order valence-electron chi connectivity index (χ3n) is 4.02. The number of likely N-dealkylation sites (tertiary alicyclic amines) is 1. The van der Waals surface area contributed by atoms with Crippen molar-refractivity contribution in [2.24, 2.45) is 5.92 Å². The molecule has 0 radical (unpaired) electrons. The Hall–Kier alpha value is -1.46. The van der Waals surface area contributed by atoms with E-state index < -0.39 is 0 Å². The van der Waals surface area contributed by atoms with Crippen LogP contribution in [0.2, 0.25) is 0 Å². The van der Waals surface area contributed by atoms with Crippen LogP contribution in [0, 0.1) is 16.0 Å². The highest BCUT2D eigenvalue weighted by atomic mass is 16.6. The lowest BCUT2D eigenvalue weighted by Crippen LogP contribution is -2.36. The van der Waals surface area contributed by atoms with Crippen molar-refractivity contribution in [2.45, 2.75) is 25.8 Å². The Balaban J connectivity index is 2.05. The lowest BCUT2D eigenvalue weighted by atomic mass is 9.95. The van der Waals surface area contributed by atoms with Gasteiger partial charge in [0.15, 0.2) is 0 Å². The first kappa shape index (κ1) is 14.0. The highest BCUT2D eigenvalue weighted by Gasteiger charge is 2.23. The second-order valence-electron chi connectivity index (χ2n) is 5.19. The number of nitro groups is 1. The summed E-state index contributed by atoms with van der Waals surface area (Å²) in [6.45, 7) is 4.22. The van der Waals surface area contributed by atoms with E-state index in [-0.39, 0.29) is 23.3 Å². The fourth-order valence-electron chi connectivity index (χ4n) is 2.63. The lowest BCUT2D eigenvalue weighted by molar-refractivity contribution is -0.385. The topological polar surface area (TPSA) is 66.6 Å². The van der Waals surface area contributed by atoms with Crippen LogP contribution in [0.1, 0.15) is 31.4 Å². The zero-order valence-electron chi connectivity index (χ0n) is 11.2. The van der Waals surface area contributed by atoms with Crippen LogP contribution in [0.4, 0.5) is 5.69 Å². The lowest BCUT2D eigenvalue weighted by Gasteiger charge is -2.35. The van der Waals surface area contributed by atoms with Crippen LogP contribution in [0.15, 0.2) is 24.3 Å². The van der Waals surface area contributed by atoms with E-state index >= 15 is 0 Å². The normalized spacial score (nSPS) is 19.3. The number of nitrogens with zero attached hydrogens (tertiary/aromatic N) is 2. The van der Waals surface area contributed by atoms with Crippen LogP contribution in [-0.4, -0.2) is 34.6 Å². The van der Waals surface area contributed by atoms with Gasteiger partial charge in [-0.2, -0.15) is 0 Å². The molecule has 19 heavy (non-hydrogen) atoms. The van der Waals surface area contributed by atoms with E-state index in [0.717, 1.165) is 31.5 Å². The predicted molar refractivity (Wildman–Crippen MR) is 72.9 cm³/mol. The number of nitro benzene ring substituents is 1. The smallest absolute Gasteiger partial charge is 0.269 e. The van der Waals surface area contributed by atoms with Gasteiger partial charge in [-0.05, 0) is 44.3 Å². The van der Waals surface area contributed by atoms with Gasteiger partial charge >= 0.3 is 0 Å². The molecule has 1 aliphatic heterocycles. The maximum atomic E-state index is 10.8. The summed E-state index contributed by atoms with van der Waals surface area (Å²) in [6, 6.07) is 7.04. The molecule has 1 saturated heterocycles. The highest BCUT2D eigenvalue weighted by molar-refractivity contribution is 5.35. The molecule has 5 nitrogen and oxygen atoms in total. The molecule has 1 unspecified atom stereocenters. The van der Waals surface area contributed by atoms with Crippen LogP contribution in [0.3, 0.4) is 0 Å². The van der Waals surface area contributed by atoms with Gasteiger partial charge in [-0.15, -0.1) is 0 Å². The van der Waals surface area contributed by atoms with Crippen LogP contribution in [-0.2, 0) is 0 Å². The van der Waals surface area contributed by atoms with Crippen molar-refractivity contribution in [1.82, 2.24) is 4.90 Å². The van der Waals surface area contributed by atoms with Gasteiger partial charge in [0.25, 0.3) is 5.69 Å². The van der Waals surface area contributed by atoms with Crippen LogP contribution >= 0.6 is 0 Å². The first-order valence-corrected chi connectivity index (χ1v) is 6.71. The summed E-state index contributed by atoms with van der Waals surface area (Å²) in [5, 5.41) is 19.9. The molecule has 0 amide bonds. The molecule has 1 aliphatic rings. The molecule has 5 heteroatoms. The van der Waals surface area contributed by atoms with E-state index in [0.29, 0.717) is 5.92 Å². The molecule has 0 aliphatic carbocycles. The van der Waals surface area contributed by atoms with Crippen LogP contribution in [0.25, 0.3) is 0 Å². The average Bonchev–Trinajstić information content (AvgIpc) is 2.46. The number of aliphatic hydroxyl groups excluding tert-OH is 1. The molecule has 1 fully saturated rings. The maximum Gasteiger partial charge on any atom is 0.269 e. The molecule has 1 aromatic rings. The maximum absolute atomic E-state index is 10.8. The van der Waals surface area contributed by atoms with Crippen LogP contribution < -0.4 is 0 Å². The minimum absolute atomic E-state index is 0.148. The standard InChI is InChI=1S/C14H20N2O3/c1-11(15-7-5-12(10-17)6-8-15)13-3-2-4-14(9-13)16(18)19/h2-4,9,11-12,17H,5-8,10H2,1H3. The van der Waals surface area contributed by atoms with Gasteiger partial charge < -0.3 is 5.11 Å². The van der Waals surface area contributed by atoms with E-state index in [1.165, 1.54) is 6.07 Å².